The van der Waals surface area contributed by atoms with E-state index in [1.807, 2.05) is 10.7 Å². The minimum Gasteiger partial charge on any atom is -0.354 e. The fourth-order valence-electron chi connectivity index (χ4n) is 3.80. The number of halogens is 1. The highest BCUT2D eigenvalue weighted by molar-refractivity contribution is 5.79. The summed E-state index contributed by atoms with van der Waals surface area (Å²) in [7, 11) is 2.13. The summed E-state index contributed by atoms with van der Waals surface area (Å²) in [5, 5.41) is 8.84. The lowest BCUT2D eigenvalue weighted by atomic mass is 10.0. The Kier molecular flexibility index (Phi) is 5.34. The summed E-state index contributed by atoms with van der Waals surface area (Å²) in [6.45, 7) is 3.12. The lowest BCUT2D eigenvalue weighted by Gasteiger charge is -2.08. The minimum atomic E-state index is -0.300. The highest BCUT2D eigenvalue weighted by atomic mass is 19.1. The summed E-state index contributed by atoms with van der Waals surface area (Å²) in [5.74, 6) is 0.0335. The van der Waals surface area contributed by atoms with Crippen LogP contribution in [0.4, 0.5) is 4.39 Å². The van der Waals surface area contributed by atoms with Gasteiger partial charge in [0, 0.05) is 30.6 Å². The van der Waals surface area contributed by atoms with E-state index in [0.717, 1.165) is 41.8 Å². The monoisotopic (exact) mass is 381 g/mol. The van der Waals surface area contributed by atoms with Crippen LogP contribution in [-0.2, 0) is 17.8 Å². The highest BCUT2D eigenvalue weighted by Gasteiger charge is 2.26. The van der Waals surface area contributed by atoms with Crippen LogP contribution in [0.2, 0.25) is 0 Å². The Hall–Kier alpha value is -2.80. The molecule has 3 heterocycles. The molecule has 1 aromatic carbocycles. The number of hydrogen-bond donors (Lipinski definition) is 1. The largest absolute Gasteiger partial charge is 0.354 e. The Morgan fingerprint density at radius 3 is 2.86 bits per heavy atom. The van der Waals surface area contributed by atoms with Gasteiger partial charge in [-0.2, -0.15) is 5.10 Å². The number of amides is 1. The zero-order valence-corrected chi connectivity index (χ0v) is 15.9. The van der Waals surface area contributed by atoms with E-state index in [9.17, 15) is 9.18 Å². The average Bonchev–Trinajstić information content (AvgIpc) is 3.28. The van der Waals surface area contributed by atoms with Crippen LogP contribution in [-0.4, -0.2) is 52.3 Å². The van der Waals surface area contributed by atoms with Gasteiger partial charge in [0.1, 0.15) is 5.82 Å². The first-order chi connectivity index (χ1) is 13.6. The van der Waals surface area contributed by atoms with Crippen LogP contribution in [0, 0.1) is 5.82 Å². The molecule has 146 valence electrons. The van der Waals surface area contributed by atoms with Crippen LogP contribution < -0.4 is 5.32 Å². The molecule has 28 heavy (non-hydrogen) atoms. The van der Waals surface area contributed by atoms with Gasteiger partial charge in [-0.1, -0.05) is 12.1 Å². The molecule has 1 fully saturated rings. The van der Waals surface area contributed by atoms with E-state index in [1.54, 1.807) is 18.3 Å². The molecule has 1 unspecified atom stereocenters. The second kappa shape index (κ2) is 8.06. The predicted octanol–water partition coefficient (Wildman–Crippen LogP) is 2.35. The van der Waals surface area contributed by atoms with Gasteiger partial charge in [0.2, 0.25) is 5.91 Å². The van der Waals surface area contributed by atoms with Crippen molar-refractivity contribution >= 4 is 16.9 Å². The molecule has 1 aliphatic rings. The number of benzene rings is 1. The first-order valence-electron chi connectivity index (χ1n) is 9.61. The fourth-order valence-corrected chi connectivity index (χ4v) is 3.80. The van der Waals surface area contributed by atoms with E-state index in [-0.39, 0.29) is 18.1 Å². The normalized spacial score (nSPS) is 17.3. The highest BCUT2D eigenvalue weighted by Crippen LogP contribution is 2.30. The minimum absolute atomic E-state index is 0.0892. The number of carbonyl (C=O) groups is 1. The molecule has 0 radical (unpaired) electrons. The number of nitrogens with one attached hydrogen (secondary N) is 1. The average molecular weight is 381 g/mol. The maximum atomic E-state index is 13.0. The Bertz CT molecular complexity index is 969. The van der Waals surface area contributed by atoms with Crippen LogP contribution in [0.5, 0.6) is 0 Å². The molecular formula is C21H24FN5O. The molecule has 1 aliphatic heterocycles. The standard InChI is InChI=1S/C21H24FN5O/c1-26-11-8-16(14-26)20-18-3-2-9-24-21(18)27(25-20)12-10-23-19(28)13-15-4-6-17(22)7-5-15/h2-7,9,16H,8,10-14H2,1H3,(H,23,28). The van der Waals surface area contributed by atoms with Crippen molar-refractivity contribution in [2.24, 2.45) is 0 Å². The number of fused-ring (bicyclic) bond motifs is 1. The lowest BCUT2D eigenvalue weighted by Crippen LogP contribution is -2.29. The first kappa shape index (κ1) is 18.6. The smallest absolute Gasteiger partial charge is 0.224 e. The molecule has 2 aromatic heterocycles. The number of likely N-dealkylation sites (N-methyl/N-ethyl adjacent to an activating group) is 1. The lowest BCUT2D eigenvalue weighted by molar-refractivity contribution is -0.120. The molecule has 3 aromatic rings. The fraction of sp³-hybridized carbons (Fsp3) is 0.381. The van der Waals surface area contributed by atoms with Crippen molar-refractivity contribution in [3.63, 3.8) is 0 Å². The van der Waals surface area contributed by atoms with E-state index in [4.69, 9.17) is 5.10 Å². The van der Waals surface area contributed by atoms with E-state index >= 15 is 0 Å². The van der Waals surface area contributed by atoms with Gasteiger partial charge in [-0.15, -0.1) is 0 Å². The second-order valence-electron chi connectivity index (χ2n) is 7.38. The first-order valence-corrected chi connectivity index (χ1v) is 9.61. The number of rotatable bonds is 6. The number of hydrogen-bond acceptors (Lipinski definition) is 4. The maximum Gasteiger partial charge on any atom is 0.224 e. The molecular weight excluding hydrogens is 357 g/mol. The summed E-state index contributed by atoms with van der Waals surface area (Å²) >= 11 is 0. The van der Waals surface area contributed by atoms with Crippen LogP contribution in [0.25, 0.3) is 11.0 Å². The third-order valence-corrected chi connectivity index (χ3v) is 5.24. The van der Waals surface area contributed by atoms with Gasteiger partial charge >= 0.3 is 0 Å². The quantitative estimate of drug-likeness (QED) is 0.712. The van der Waals surface area contributed by atoms with Crippen molar-refractivity contribution in [3.05, 3.63) is 59.7 Å². The number of likely N-dealkylation sites (tertiary alicyclic amines) is 1. The molecule has 0 spiro atoms. The van der Waals surface area contributed by atoms with Crippen LogP contribution in [0.1, 0.15) is 23.6 Å². The Morgan fingerprint density at radius 2 is 2.11 bits per heavy atom. The summed E-state index contributed by atoms with van der Waals surface area (Å²) in [6.07, 6.45) is 3.11. The van der Waals surface area contributed by atoms with E-state index in [1.165, 1.54) is 12.1 Å². The van der Waals surface area contributed by atoms with E-state index in [0.29, 0.717) is 19.0 Å². The van der Waals surface area contributed by atoms with Gasteiger partial charge < -0.3 is 10.2 Å². The summed E-state index contributed by atoms with van der Waals surface area (Å²) in [4.78, 5) is 19.0. The van der Waals surface area contributed by atoms with Crippen molar-refractivity contribution in [2.45, 2.75) is 25.3 Å². The summed E-state index contributed by atoms with van der Waals surface area (Å²) < 4.78 is 14.8. The Balaban J connectivity index is 1.40. The molecule has 1 N–H and O–H groups in total. The van der Waals surface area contributed by atoms with Crippen molar-refractivity contribution in [1.29, 1.82) is 0 Å². The van der Waals surface area contributed by atoms with Crippen LogP contribution in [0.3, 0.4) is 0 Å². The molecule has 0 bridgehead atoms. The van der Waals surface area contributed by atoms with E-state index < -0.39 is 0 Å². The Morgan fingerprint density at radius 1 is 1.29 bits per heavy atom. The molecule has 1 amide bonds. The van der Waals surface area contributed by atoms with Crippen molar-refractivity contribution in [1.82, 2.24) is 25.0 Å². The van der Waals surface area contributed by atoms with Gasteiger partial charge in [-0.3, -0.25) is 4.79 Å². The zero-order chi connectivity index (χ0) is 19.5. The molecule has 1 saturated heterocycles. The molecule has 1 atom stereocenters. The number of nitrogens with zero attached hydrogens (tertiary/aromatic N) is 4. The molecule has 4 rings (SSSR count). The number of pyridine rings is 1. The van der Waals surface area contributed by atoms with E-state index in [2.05, 4.69) is 28.3 Å². The van der Waals surface area contributed by atoms with Gasteiger partial charge in [-0.25, -0.2) is 14.1 Å². The molecule has 0 aliphatic carbocycles. The molecule has 0 saturated carbocycles. The predicted molar refractivity (Wildman–Crippen MR) is 105 cm³/mol. The van der Waals surface area contributed by atoms with Gasteiger partial charge in [-0.05, 0) is 49.8 Å². The SMILES string of the molecule is CN1CCC(c2nn(CCNC(=O)Cc3ccc(F)cc3)c3ncccc23)C1. The van der Waals surface area contributed by atoms with Gasteiger partial charge in [0.15, 0.2) is 5.65 Å². The summed E-state index contributed by atoms with van der Waals surface area (Å²) in [6, 6.07) is 10.0. The van der Waals surface area contributed by atoms with Gasteiger partial charge in [0.25, 0.3) is 0 Å². The summed E-state index contributed by atoms with van der Waals surface area (Å²) in [5.41, 5.74) is 2.75. The Labute approximate surface area is 163 Å². The number of carbonyl (C=O) groups excluding carboxylic acids is 1. The maximum absolute atomic E-state index is 13.0. The third-order valence-electron chi connectivity index (χ3n) is 5.24. The van der Waals surface area contributed by atoms with Crippen LogP contribution >= 0.6 is 0 Å². The van der Waals surface area contributed by atoms with Crippen molar-refractivity contribution < 1.29 is 9.18 Å². The third kappa shape index (κ3) is 4.04. The zero-order valence-electron chi connectivity index (χ0n) is 15.9. The topological polar surface area (TPSA) is 63.1 Å². The van der Waals surface area contributed by atoms with Crippen molar-refractivity contribution in [2.75, 3.05) is 26.7 Å². The molecule has 7 heteroatoms. The van der Waals surface area contributed by atoms with Crippen molar-refractivity contribution in [3.8, 4) is 0 Å². The van der Waals surface area contributed by atoms with Gasteiger partial charge in [0.05, 0.1) is 18.7 Å². The second-order valence-corrected chi connectivity index (χ2v) is 7.38. The molecule has 6 nitrogen and oxygen atoms in total. The van der Waals surface area contributed by atoms with Crippen LogP contribution in [0.15, 0.2) is 42.6 Å². The number of aromatic nitrogens is 3.